The van der Waals surface area contributed by atoms with Crippen LogP contribution in [0.25, 0.3) is 0 Å². The number of aromatic nitrogens is 2. The number of hydrogen-bond acceptors (Lipinski definition) is 4. The number of nitrogens with zero attached hydrogens (tertiary/aromatic N) is 1. The van der Waals surface area contributed by atoms with E-state index in [0.717, 1.165) is 18.5 Å². The Balaban J connectivity index is 2.28. The molecule has 1 aromatic heterocycles. The highest BCUT2D eigenvalue weighted by Gasteiger charge is 2.25. The second-order valence-electron chi connectivity index (χ2n) is 3.48. The molecule has 0 saturated carbocycles. The van der Waals surface area contributed by atoms with Crippen molar-refractivity contribution in [1.82, 2.24) is 9.97 Å². The normalized spacial score (nSPS) is 16.6. The lowest BCUT2D eigenvalue weighted by Crippen LogP contribution is -2.22. The monoisotopic (exact) mass is 211 g/mol. The third-order valence-corrected chi connectivity index (χ3v) is 2.43. The van der Waals surface area contributed by atoms with Crippen molar-refractivity contribution in [1.29, 1.82) is 0 Å². The van der Waals surface area contributed by atoms with Gasteiger partial charge in [0.1, 0.15) is 11.7 Å². The van der Waals surface area contributed by atoms with E-state index in [4.69, 9.17) is 15.6 Å². The molecule has 1 aromatic rings. The second kappa shape index (κ2) is 3.90. The molecular formula is C9H13N3O3. The van der Waals surface area contributed by atoms with Crippen LogP contribution < -0.4 is 10.5 Å². The molecule has 15 heavy (non-hydrogen) atoms. The van der Waals surface area contributed by atoms with E-state index in [9.17, 15) is 4.79 Å². The molecule has 1 aliphatic rings. The van der Waals surface area contributed by atoms with Gasteiger partial charge in [-0.2, -0.15) is 4.98 Å². The number of aryl methyl sites for hydroxylation is 1. The van der Waals surface area contributed by atoms with E-state index in [1.54, 1.807) is 0 Å². The summed E-state index contributed by atoms with van der Waals surface area (Å²) in [5.74, 6) is -0.837. The van der Waals surface area contributed by atoms with Crippen LogP contribution in [0.1, 0.15) is 23.9 Å². The van der Waals surface area contributed by atoms with Crippen LogP contribution in [0.15, 0.2) is 0 Å². The lowest BCUT2D eigenvalue weighted by Gasteiger charge is -2.09. The van der Waals surface area contributed by atoms with Gasteiger partial charge in [-0.05, 0) is 12.8 Å². The summed E-state index contributed by atoms with van der Waals surface area (Å²) >= 11 is 0. The van der Waals surface area contributed by atoms with E-state index < -0.39 is 11.9 Å². The summed E-state index contributed by atoms with van der Waals surface area (Å²) in [6.07, 6.45) is 1.77. The van der Waals surface area contributed by atoms with Crippen molar-refractivity contribution in [3.05, 3.63) is 11.5 Å². The number of H-pyrrole nitrogens is 1. The van der Waals surface area contributed by atoms with E-state index >= 15 is 0 Å². The SMILES string of the molecule is NCC(C(=O)O)c1nc2c([nH]1)CCCO2. The molecule has 1 atom stereocenters. The zero-order valence-corrected chi connectivity index (χ0v) is 8.19. The number of fused-ring (bicyclic) bond motifs is 1. The lowest BCUT2D eigenvalue weighted by molar-refractivity contribution is -0.138. The van der Waals surface area contributed by atoms with Crippen LogP contribution in [0.5, 0.6) is 5.88 Å². The van der Waals surface area contributed by atoms with E-state index in [2.05, 4.69) is 9.97 Å². The molecule has 0 aromatic carbocycles. The Kier molecular flexibility index (Phi) is 2.59. The highest BCUT2D eigenvalue weighted by molar-refractivity contribution is 5.75. The highest BCUT2D eigenvalue weighted by atomic mass is 16.5. The number of nitrogens with one attached hydrogen (secondary N) is 1. The molecule has 82 valence electrons. The number of rotatable bonds is 3. The third kappa shape index (κ3) is 1.80. The van der Waals surface area contributed by atoms with Crippen molar-refractivity contribution in [2.24, 2.45) is 5.73 Å². The topological polar surface area (TPSA) is 101 Å². The number of hydrogen-bond donors (Lipinski definition) is 3. The highest BCUT2D eigenvalue weighted by Crippen LogP contribution is 2.24. The molecule has 1 aliphatic heterocycles. The molecule has 2 heterocycles. The molecule has 0 aliphatic carbocycles. The molecule has 6 heteroatoms. The van der Waals surface area contributed by atoms with Crippen molar-refractivity contribution in [3.63, 3.8) is 0 Å². The van der Waals surface area contributed by atoms with Crippen molar-refractivity contribution in [3.8, 4) is 5.88 Å². The maximum Gasteiger partial charge on any atom is 0.315 e. The minimum absolute atomic E-state index is 0.0295. The Morgan fingerprint density at radius 3 is 3.13 bits per heavy atom. The number of ether oxygens (including phenoxy) is 1. The molecule has 0 saturated heterocycles. The average molecular weight is 211 g/mol. The Bertz CT molecular complexity index is 351. The van der Waals surface area contributed by atoms with Gasteiger partial charge in [0, 0.05) is 6.54 Å². The maximum absolute atomic E-state index is 10.9. The Morgan fingerprint density at radius 2 is 2.53 bits per heavy atom. The molecule has 0 spiro atoms. The summed E-state index contributed by atoms with van der Waals surface area (Å²) in [6.45, 7) is 0.666. The minimum Gasteiger partial charge on any atom is -0.481 e. The lowest BCUT2D eigenvalue weighted by atomic mass is 10.1. The zero-order valence-electron chi connectivity index (χ0n) is 8.19. The average Bonchev–Trinajstić information content (AvgIpc) is 2.61. The Hall–Kier alpha value is -1.56. The van der Waals surface area contributed by atoms with E-state index in [0.29, 0.717) is 18.3 Å². The van der Waals surface area contributed by atoms with Crippen molar-refractivity contribution in [2.75, 3.05) is 13.2 Å². The van der Waals surface area contributed by atoms with Crippen LogP contribution in [0.3, 0.4) is 0 Å². The van der Waals surface area contributed by atoms with Gasteiger partial charge in [-0.25, -0.2) is 0 Å². The van der Waals surface area contributed by atoms with Gasteiger partial charge in [-0.15, -0.1) is 0 Å². The number of aliphatic carboxylic acids is 1. The fraction of sp³-hybridized carbons (Fsp3) is 0.556. The smallest absolute Gasteiger partial charge is 0.315 e. The van der Waals surface area contributed by atoms with Crippen LogP contribution >= 0.6 is 0 Å². The number of aromatic amines is 1. The standard InChI is InChI=1S/C9H13N3O3/c10-4-5(9(13)14)7-11-6-2-1-3-15-8(6)12-7/h5H,1-4,10H2,(H,11,12)(H,13,14). The number of imidazole rings is 1. The van der Waals surface area contributed by atoms with Crippen LogP contribution in [-0.4, -0.2) is 34.2 Å². The van der Waals surface area contributed by atoms with Gasteiger partial charge < -0.3 is 20.6 Å². The molecule has 0 bridgehead atoms. The molecule has 2 rings (SSSR count). The van der Waals surface area contributed by atoms with Gasteiger partial charge in [-0.1, -0.05) is 0 Å². The predicted octanol–water partition coefficient (Wildman–Crippen LogP) is -0.138. The van der Waals surface area contributed by atoms with Crippen molar-refractivity contribution >= 4 is 5.97 Å². The third-order valence-electron chi connectivity index (χ3n) is 2.43. The summed E-state index contributed by atoms with van der Waals surface area (Å²) in [7, 11) is 0. The van der Waals surface area contributed by atoms with E-state index in [-0.39, 0.29) is 6.54 Å². The molecule has 4 N–H and O–H groups in total. The fourth-order valence-electron chi connectivity index (χ4n) is 1.61. The van der Waals surface area contributed by atoms with Gasteiger partial charge in [0.2, 0.25) is 5.88 Å². The molecule has 0 amide bonds. The van der Waals surface area contributed by atoms with Crippen LogP contribution in [0, 0.1) is 0 Å². The number of carboxylic acids is 1. The first-order valence-corrected chi connectivity index (χ1v) is 4.87. The van der Waals surface area contributed by atoms with Gasteiger partial charge in [0.05, 0.1) is 12.3 Å². The molecule has 6 nitrogen and oxygen atoms in total. The van der Waals surface area contributed by atoms with Crippen molar-refractivity contribution < 1.29 is 14.6 Å². The summed E-state index contributed by atoms with van der Waals surface area (Å²) in [5.41, 5.74) is 6.25. The summed E-state index contributed by atoms with van der Waals surface area (Å²) in [4.78, 5) is 17.9. The summed E-state index contributed by atoms with van der Waals surface area (Å²) < 4.78 is 5.30. The summed E-state index contributed by atoms with van der Waals surface area (Å²) in [6, 6.07) is 0. The first-order valence-electron chi connectivity index (χ1n) is 4.87. The summed E-state index contributed by atoms with van der Waals surface area (Å²) in [5, 5.41) is 8.91. The van der Waals surface area contributed by atoms with Gasteiger partial charge in [0.25, 0.3) is 0 Å². The number of carbonyl (C=O) groups is 1. The van der Waals surface area contributed by atoms with Crippen molar-refractivity contribution in [2.45, 2.75) is 18.8 Å². The fourth-order valence-corrected chi connectivity index (χ4v) is 1.61. The number of carboxylic acid groups (broad SMARTS) is 1. The van der Waals surface area contributed by atoms with Gasteiger partial charge in [0.15, 0.2) is 0 Å². The number of nitrogens with two attached hydrogens (primary N) is 1. The molecule has 0 fully saturated rings. The van der Waals surface area contributed by atoms with Crippen LogP contribution in [0.4, 0.5) is 0 Å². The van der Waals surface area contributed by atoms with Gasteiger partial charge >= 0.3 is 5.97 Å². The van der Waals surface area contributed by atoms with Gasteiger partial charge in [-0.3, -0.25) is 4.79 Å². The largest absolute Gasteiger partial charge is 0.481 e. The van der Waals surface area contributed by atoms with Crippen LogP contribution in [-0.2, 0) is 11.2 Å². The second-order valence-corrected chi connectivity index (χ2v) is 3.48. The first kappa shape index (κ1) is 9.97. The first-order chi connectivity index (χ1) is 7.22. The molecular weight excluding hydrogens is 198 g/mol. The van der Waals surface area contributed by atoms with E-state index in [1.807, 2.05) is 0 Å². The van der Waals surface area contributed by atoms with E-state index in [1.165, 1.54) is 0 Å². The Morgan fingerprint density at radius 1 is 1.73 bits per heavy atom. The predicted molar refractivity (Wildman–Crippen MR) is 51.8 cm³/mol. The minimum atomic E-state index is -0.969. The van der Waals surface area contributed by atoms with Crippen LogP contribution in [0.2, 0.25) is 0 Å². The zero-order chi connectivity index (χ0) is 10.8. The quantitative estimate of drug-likeness (QED) is 0.646. The maximum atomic E-state index is 10.9. The Labute approximate surface area is 86.5 Å². The molecule has 0 radical (unpaired) electrons. The molecule has 1 unspecified atom stereocenters.